The first-order valence-electron chi connectivity index (χ1n) is 12.1. The number of esters is 1. The molecule has 2 N–H and O–H groups in total. The summed E-state index contributed by atoms with van der Waals surface area (Å²) < 4.78 is 37.6. The van der Waals surface area contributed by atoms with Gasteiger partial charge in [-0.1, -0.05) is 50.2 Å². The smallest absolute Gasteiger partial charge is 0.329 e. The van der Waals surface area contributed by atoms with Crippen molar-refractivity contribution in [2.24, 2.45) is 5.92 Å². The molecule has 2 aromatic rings. The molecule has 0 aliphatic carbocycles. The number of nitrogens with one attached hydrogen (secondary N) is 2. The van der Waals surface area contributed by atoms with Gasteiger partial charge in [-0.05, 0) is 36.6 Å². The van der Waals surface area contributed by atoms with Gasteiger partial charge in [0.25, 0.3) is 11.8 Å². The summed E-state index contributed by atoms with van der Waals surface area (Å²) in [6, 6.07) is 13.7. The van der Waals surface area contributed by atoms with Gasteiger partial charge >= 0.3 is 5.97 Å². The van der Waals surface area contributed by atoms with Crippen LogP contribution in [0.15, 0.2) is 59.5 Å². The molecule has 1 heterocycles. The van der Waals surface area contributed by atoms with Crippen molar-refractivity contribution in [1.82, 2.24) is 14.9 Å². The zero-order chi connectivity index (χ0) is 27.0. The lowest BCUT2D eigenvalue weighted by Gasteiger charge is -2.26. The van der Waals surface area contributed by atoms with Crippen molar-refractivity contribution in [2.75, 3.05) is 32.9 Å². The van der Waals surface area contributed by atoms with Crippen molar-refractivity contribution < 1.29 is 32.3 Å². The second kappa shape index (κ2) is 12.8. The standard InChI is InChI=1S/C26H33N3O7S/c1-18(2)24(26(32)36-17-23(30)27-19(3)20-8-5-4-6-9-20)28-25(31)21-10-7-11-22(16-21)37(33,34)29-12-14-35-15-13-29/h4-11,16,18-19,24H,12-15,17H2,1-3H3,(H,27,30)(H,28,31)/t19-,24-/m0/s1. The van der Waals surface area contributed by atoms with E-state index in [1.807, 2.05) is 37.3 Å². The number of carbonyl (C=O) groups excluding carboxylic acids is 3. The largest absolute Gasteiger partial charge is 0.454 e. The number of rotatable bonds is 10. The maximum Gasteiger partial charge on any atom is 0.329 e. The average molecular weight is 532 g/mol. The van der Waals surface area contributed by atoms with Crippen LogP contribution in [-0.2, 0) is 29.1 Å². The number of sulfonamides is 1. The number of hydrogen-bond acceptors (Lipinski definition) is 7. The van der Waals surface area contributed by atoms with Crippen LogP contribution in [0.5, 0.6) is 0 Å². The summed E-state index contributed by atoms with van der Waals surface area (Å²) in [7, 11) is -3.79. The average Bonchev–Trinajstić information content (AvgIpc) is 2.91. The summed E-state index contributed by atoms with van der Waals surface area (Å²) in [4.78, 5) is 37.9. The van der Waals surface area contributed by atoms with Crippen molar-refractivity contribution in [3.05, 3.63) is 65.7 Å². The summed E-state index contributed by atoms with van der Waals surface area (Å²) in [5.74, 6) is -2.21. The second-order valence-electron chi connectivity index (χ2n) is 9.05. The van der Waals surface area contributed by atoms with Gasteiger partial charge in [0, 0.05) is 18.7 Å². The number of ether oxygens (including phenoxy) is 2. The summed E-state index contributed by atoms with van der Waals surface area (Å²) >= 11 is 0. The minimum Gasteiger partial charge on any atom is -0.454 e. The van der Waals surface area contributed by atoms with Gasteiger partial charge in [0.1, 0.15) is 6.04 Å². The molecule has 1 aliphatic rings. The normalized spacial score (nSPS) is 16.0. The van der Waals surface area contributed by atoms with E-state index in [0.717, 1.165) is 5.56 Å². The molecule has 1 fully saturated rings. The lowest BCUT2D eigenvalue weighted by molar-refractivity contribution is -0.151. The Kier molecular flexibility index (Phi) is 9.79. The Balaban J connectivity index is 1.61. The quantitative estimate of drug-likeness (QED) is 0.448. The van der Waals surface area contributed by atoms with Crippen LogP contribution in [0.3, 0.4) is 0 Å². The first-order valence-corrected chi connectivity index (χ1v) is 13.5. The van der Waals surface area contributed by atoms with Crippen molar-refractivity contribution in [3.8, 4) is 0 Å². The van der Waals surface area contributed by atoms with E-state index in [4.69, 9.17) is 9.47 Å². The highest BCUT2D eigenvalue weighted by molar-refractivity contribution is 7.89. The molecule has 0 unspecified atom stereocenters. The molecule has 0 aromatic heterocycles. The molecule has 1 saturated heterocycles. The molecule has 2 amide bonds. The van der Waals surface area contributed by atoms with Crippen LogP contribution < -0.4 is 10.6 Å². The third kappa shape index (κ3) is 7.61. The molecule has 3 rings (SSSR count). The van der Waals surface area contributed by atoms with Crippen molar-refractivity contribution >= 4 is 27.8 Å². The Morgan fingerprint density at radius 2 is 1.65 bits per heavy atom. The monoisotopic (exact) mass is 531 g/mol. The fourth-order valence-corrected chi connectivity index (χ4v) is 5.25. The number of morpholine rings is 1. The van der Waals surface area contributed by atoms with Gasteiger partial charge in [-0.3, -0.25) is 9.59 Å². The Morgan fingerprint density at radius 3 is 2.30 bits per heavy atom. The van der Waals surface area contributed by atoms with E-state index in [-0.39, 0.29) is 35.5 Å². The molecule has 0 bridgehead atoms. The summed E-state index contributed by atoms with van der Waals surface area (Å²) in [6.07, 6.45) is 0. The van der Waals surface area contributed by atoms with Gasteiger partial charge in [-0.25, -0.2) is 13.2 Å². The van der Waals surface area contributed by atoms with Gasteiger partial charge in [0.15, 0.2) is 6.61 Å². The molecule has 11 heteroatoms. The molecule has 0 radical (unpaired) electrons. The van der Waals surface area contributed by atoms with E-state index in [9.17, 15) is 22.8 Å². The van der Waals surface area contributed by atoms with Crippen LogP contribution in [0.25, 0.3) is 0 Å². The molecule has 2 aromatic carbocycles. The second-order valence-corrected chi connectivity index (χ2v) is 11.0. The highest BCUT2D eigenvalue weighted by Crippen LogP contribution is 2.19. The maximum atomic E-state index is 12.9. The summed E-state index contributed by atoms with van der Waals surface area (Å²) in [6.45, 7) is 5.85. The number of amides is 2. The Morgan fingerprint density at radius 1 is 0.973 bits per heavy atom. The molecule has 0 saturated carbocycles. The Bertz CT molecular complexity index is 1200. The molecular formula is C26H33N3O7S. The fourth-order valence-electron chi connectivity index (χ4n) is 3.79. The third-order valence-electron chi connectivity index (χ3n) is 5.93. The lowest BCUT2D eigenvalue weighted by atomic mass is 10.0. The molecular weight excluding hydrogens is 498 g/mol. The minimum atomic E-state index is -3.79. The van der Waals surface area contributed by atoms with Crippen LogP contribution in [0, 0.1) is 5.92 Å². The Labute approximate surface area is 217 Å². The van der Waals surface area contributed by atoms with E-state index < -0.39 is 40.5 Å². The fraction of sp³-hybridized carbons (Fsp3) is 0.423. The van der Waals surface area contributed by atoms with E-state index in [1.54, 1.807) is 13.8 Å². The van der Waals surface area contributed by atoms with Gasteiger partial charge in [-0.2, -0.15) is 4.31 Å². The molecule has 2 atom stereocenters. The van der Waals surface area contributed by atoms with Crippen LogP contribution >= 0.6 is 0 Å². The van der Waals surface area contributed by atoms with Crippen molar-refractivity contribution in [2.45, 2.75) is 37.8 Å². The van der Waals surface area contributed by atoms with Crippen molar-refractivity contribution in [1.29, 1.82) is 0 Å². The van der Waals surface area contributed by atoms with Gasteiger partial charge < -0.3 is 20.1 Å². The maximum absolute atomic E-state index is 12.9. The van der Waals surface area contributed by atoms with E-state index in [2.05, 4.69) is 10.6 Å². The van der Waals surface area contributed by atoms with Gasteiger partial charge in [0.05, 0.1) is 24.2 Å². The number of hydrogen-bond donors (Lipinski definition) is 2. The van der Waals surface area contributed by atoms with Gasteiger partial charge in [0.2, 0.25) is 10.0 Å². The van der Waals surface area contributed by atoms with Crippen LogP contribution in [0.1, 0.15) is 42.7 Å². The predicted octanol–water partition coefficient (Wildman–Crippen LogP) is 1.88. The minimum absolute atomic E-state index is 0.0186. The first kappa shape index (κ1) is 28.3. The Hall–Kier alpha value is -3.28. The molecule has 10 nitrogen and oxygen atoms in total. The topological polar surface area (TPSA) is 131 Å². The molecule has 37 heavy (non-hydrogen) atoms. The number of benzene rings is 2. The molecule has 0 spiro atoms. The van der Waals surface area contributed by atoms with Gasteiger partial charge in [-0.15, -0.1) is 0 Å². The predicted molar refractivity (Wildman–Crippen MR) is 136 cm³/mol. The van der Waals surface area contributed by atoms with E-state index in [0.29, 0.717) is 13.2 Å². The van der Waals surface area contributed by atoms with Crippen LogP contribution in [0.4, 0.5) is 0 Å². The van der Waals surface area contributed by atoms with Crippen LogP contribution in [0.2, 0.25) is 0 Å². The van der Waals surface area contributed by atoms with Crippen LogP contribution in [-0.4, -0.2) is 69.5 Å². The zero-order valence-corrected chi connectivity index (χ0v) is 22.0. The molecule has 1 aliphatic heterocycles. The lowest BCUT2D eigenvalue weighted by Crippen LogP contribution is -2.46. The zero-order valence-electron chi connectivity index (χ0n) is 21.2. The highest BCUT2D eigenvalue weighted by Gasteiger charge is 2.29. The van der Waals surface area contributed by atoms with E-state index in [1.165, 1.54) is 28.6 Å². The highest BCUT2D eigenvalue weighted by atomic mass is 32.2. The third-order valence-corrected chi connectivity index (χ3v) is 7.83. The summed E-state index contributed by atoms with van der Waals surface area (Å²) in [5, 5.41) is 5.37. The number of nitrogens with zero attached hydrogens (tertiary/aromatic N) is 1. The number of carbonyl (C=O) groups is 3. The summed E-state index contributed by atoms with van der Waals surface area (Å²) in [5.41, 5.74) is 0.995. The van der Waals surface area contributed by atoms with Crippen molar-refractivity contribution in [3.63, 3.8) is 0 Å². The SMILES string of the molecule is CC(C)[C@H](NC(=O)c1cccc(S(=O)(=O)N2CCOCC2)c1)C(=O)OCC(=O)N[C@@H](C)c1ccccc1. The molecule has 200 valence electrons. The van der Waals surface area contributed by atoms with E-state index >= 15 is 0 Å². The first-order chi connectivity index (χ1) is 17.6.